The van der Waals surface area contributed by atoms with Gasteiger partial charge < -0.3 is 11.1 Å². The van der Waals surface area contributed by atoms with Crippen LogP contribution in [0.1, 0.15) is 33.1 Å². The summed E-state index contributed by atoms with van der Waals surface area (Å²) in [6, 6.07) is 3.14. The summed E-state index contributed by atoms with van der Waals surface area (Å²) in [4.78, 5) is 15.6. The molecule has 3 N–H and O–H groups in total. The van der Waals surface area contributed by atoms with Crippen LogP contribution in [0.2, 0.25) is 0 Å². The molecule has 2 rings (SSSR count). The zero-order valence-corrected chi connectivity index (χ0v) is 14.4. The molecule has 0 spiro atoms. The smallest absolute Gasteiger partial charge is 0.244 e. The lowest BCUT2D eigenvalue weighted by Gasteiger charge is -2.25. The highest BCUT2D eigenvalue weighted by atomic mass is 32.2. The SMILES string of the molecule is CC(C)(CNc1ccc(S(=O)(=O)N2CCCCC2)cn1)C(N)=O. The maximum atomic E-state index is 12.5. The number of piperidine rings is 1. The molecule has 0 unspecified atom stereocenters. The van der Waals surface area contributed by atoms with E-state index in [1.54, 1.807) is 19.9 Å². The molecule has 1 aromatic rings. The van der Waals surface area contributed by atoms with E-state index in [-0.39, 0.29) is 4.90 Å². The van der Waals surface area contributed by atoms with Gasteiger partial charge in [-0.15, -0.1) is 0 Å². The fourth-order valence-corrected chi connectivity index (χ4v) is 3.75. The molecule has 1 amide bonds. The van der Waals surface area contributed by atoms with E-state index >= 15 is 0 Å². The lowest BCUT2D eigenvalue weighted by Crippen LogP contribution is -2.37. The number of rotatable bonds is 6. The molecule has 0 bridgehead atoms. The van der Waals surface area contributed by atoms with Gasteiger partial charge in [-0.2, -0.15) is 4.31 Å². The summed E-state index contributed by atoms with van der Waals surface area (Å²) in [5, 5.41) is 3.00. The van der Waals surface area contributed by atoms with Crippen molar-refractivity contribution in [2.24, 2.45) is 11.1 Å². The summed E-state index contributed by atoms with van der Waals surface area (Å²) in [7, 11) is -3.47. The van der Waals surface area contributed by atoms with Crippen LogP contribution in [0.25, 0.3) is 0 Å². The van der Waals surface area contributed by atoms with Crippen LogP contribution < -0.4 is 11.1 Å². The Hall–Kier alpha value is -1.67. The Morgan fingerprint density at radius 2 is 1.96 bits per heavy atom. The minimum Gasteiger partial charge on any atom is -0.369 e. The van der Waals surface area contributed by atoms with Crippen molar-refractivity contribution in [1.82, 2.24) is 9.29 Å². The molecule has 0 aromatic carbocycles. The average Bonchev–Trinajstić information content (AvgIpc) is 2.54. The van der Waals surface area contributed by atoms with Crippen molar-refractivity contribution in [2.45, 2.75) is 38.0 Å². The molecule has 23 heavy (non-hydrogen) atoms. The highest BCUT2D eigenvalue weighted by Gasteiger charge is 2.27. The third-order valence-corrected chi connectivity index (χ3v) is 5.95. The van der Waals surface area contributed by atoms with Crippen molar-refractivity contribution in [3.8, 4) is 0 Å². The molecule has 128 valence electrons. The van der Waals surface area contributed by atoms with Crippen LogP contribution in [0.3, 0.4) is 0 Å². The molecule has 0 atom stereocenters. The second kappa shape index (κ2) is 6.84. The van der Waals surface area contributed by atoms with Gasteiger partial charge >= 0.3 is 0 Å². The molecular weight excluding hydrogens is 316 g/mol. The molecule has 0 saturated carbocycles. The first-order chi connectivity index (χ1) is 10.7. The number of aromatic nitrogens is 1. The number of nitrogens with one attached hydrogen (secondary N) is 1. The second-order valence-electron chi connectivity index (χ2n) is 6.45. The quantitative estimate of drug-likeness (QED) is 0.809. The Morgan fingerprint density at radius 3 is 2.48 bits per heavy atom. The third-order valence-electron chi connectivity index (χ3n) is 4.07. The molecular formula is C15H24N4O3S. The first-order valence-corrected chi connectivity index (χ1v) is 9.17. The lowest BCUT2D eigenvalue weighted by molar-refractivity contribution is -0.125. The van der Waals surface area contributed by atoms with Crippen molar-refractivity contribution >= 4 is 21.7 Å². The van der Waals surface area contributed by atoms with Crippen molar-refractivity contribution in [3.63, 3.8) is 0 Å². The topological polar surface area (TPSA) is 105 Å². The summed E-state index contributed by atoms with van der Waals surface area (Å²) >= 11 is 0. The molecule has 1 aliphatic heterocycles. The number of nitrogens with zero attached hydrogens (tertiary/aromatic N) is 2. The van der Waals surface area contributed by atoms with Crippen LogP contribution in [0.5, 0.6) is 0 Å². The molecule has 1 aliphatic rings. The molecule has 8 heteroatoms. The van der Waals surface area contributed by atoms with Gasteiger partial charge in [0.15, 0.2) is 0 Å². The number of carbonyl (C=O) groups is 1. The summed E-state index contributed by atoms with van der Waals surface area (Å²) < 4.78 is 26.5. The van der Waals surface area contributed by atoms with E-state index < -0.39 is 21.3 Å². The van der Waals surface area contributed by atoms with Crippen LogP contribution in [-0.4, -0.2) is 43.2 Å². The Kier molecular flexibility index (Phi) is 5.26. The maximum absolute atomic E-state index is 12.5. The van der Waals surface area contributed by atoms with E-state index in [1.807, 2.05) is 0 Å². The van der Waals surface area contributed by atoms with Gasteiger partial charge in [0.2, 0.25) is 15.9 Å². The van der Waals surface area contributed by atoms with E-state index in [2.05, 4.69) is 10.3 Å². The standard InChI is InChI=1S/C15H24N4O3S/c1-15(2,14(16)20)11-18-13-7-6-12(10-17-13)23(21,22)19-8-4-3-5-9-19/h6-7,10H,3-5,8-9,11H2,1-2H3,(H2,16,20)(H,17,18). The summed E-state index contributed by atoms with van der Waals surface area (Å²) in [5.41, 5.74) is 4.61. The van der Waals surface area contributed by atoms with Gasteiger partial charge in [0.1, 0.15) is 10.7 Å². The minimum atomic E-state index is -3.47. The number of primary amides is 1. The number of amides is 1. The van der Waals surface area contributed by atoms with E-state index in [9.17, 15) is 13.2 Å². The van der Waals surface area contributed by atoms with Gasteiger partial charge in [0.25, 0.3) is 0 Å². The van der Waals surface area contributed by atoms with Gasteiger partial charge in [-0.1, -0.05) is 6.42 Å². The highest BCUT2D eigenvalue weighted by Crippen LogP contribution is 2.21. The fraction of sp³-hybridized carbons (Fsp3) is 0.600. The normalized spacial score (nSPS) is 17.0. The first kappa shape index (κ1) is 17.7. The Balaban J connectivity index is 2.05. The van der Waals surface area contributed by atoms with Gasteiger partial charge in [0, 0.05) is 25.8 Å². The summed E-state index contributed by atoms with van der Waals surface area (Å²) in [6.07, 6.45) is 4.22. The first-order valence-electron chi connectivity index (χ1n) is 7.73. The molecule has 0 aliphatic carbocycles. The number of nitrogens with two attached hydrogens (primary N) is 1. The fourth-order valence-electron chi connectivity index (χ4n) is 2.29. The van der Waals surface area contributed by atoms with Crippen LogP contribution in [0.4, 0.5) is 5.82 Å². The zero-order valence-electron chi connectivity index (χ0n) is 13.6. The number of hydrogen-bond acceptors (Lipinski definition) is 5. The number of hydrogen-bond donors (Lipinski definition) is 2. The molecule has 0 radical (unpaired) electrons. The van der Waals surface area contributed by atoms with Crippen LogP contribution in [-0.2, 0) is 14.8 Å². The number of sulfonamides is 1. The lowest BCUT2D eigenvalue weighted by atomic mass is 9.93. The molecule has 1 fully saturated rings. The Labute approximate surface area is 137 Å². The van der Waals surface area contributed by atoms with Crippen molar-refractivity contribution < 1.29 is 13.2 Å². The van der Waals surface area contributed by atoms with Crippen LogP contribution in [0.15, 0.2) is 23.2 Å². The van der Waals surface area contributed by atoms with Gasteiger partial charge in [-0.05, 0) is 38.8 Å². The summed E-state index contributed by atoms with van der Waals surface area (Å²) in [6.45, 7) is 4.92. The van der Waals surface area contributed by atoms with Crippen molar-refractivity contribution in [1.29, 1.82) is 0 Å². The Morgan fingerprint density at radius 1 is 1.30 bits per heavy atom. The average molecular weight is 340 g/mol. The zero-order chi connectivity index (χ0) is 17.1. The monoisotopic (exact) mass is 340 g/mol. The van der Waals surface area contributed by atoms with Gasteiger partial charge in [-0.3, -0.25) is 4.79 Å². The molecule has 1 aromatic heterocycles. The van der Waals surface area contributed by atoms with Crippen LogP contribution in [0, 0.1) is 5.41 Å². The molecule has 1 saturated heterocycles. The number of anilines is 1. The number of pyridine rings is 1. The molecule has 2 heterocycles. The third kappa shape index (κ3) is 4.20. The van der Waals surface area contributed by atoms with Gasteiger partial charge in [-0.25, -0.2) is 13.4 Å². The number of carbonyl (C=O) groups excluding carboxylic acids is 1. The second-order valence-corrected chi connectivity index (χ2v) is 8.38. The minimum absolute atomic E-state index is 0.194. The van der Waals surface area contributed by atoms with Gasteiger partial charge in [0.05, 0.1) is 5.41 Å². The maximum Gasteiger partial charge on any atom is 0.244 e. The van der Waals surface area contributed by atoms with E-state index in [0.717, 1.165) is 19.3 Å². The summed E-state index contributed by atoms with van der Waals surface area (Å²) in [5.74, 6) is 0.103. The van der Waals surface area contributed by atoms with Crippen molar-refractivity contribution in [2.75, 3.05) is 25.0 Å². The predicted molar refractivity (Wildman–Crippen MR) is 88.3 cm³/mol. The van der Waals surface area contributed by atoms with E-state index in [0.29, 0.717) is 25.5 Å². The van der Waals surface area contributed by atoms with Crippen molar-refractivity contribution in [3.05, 3.63) is 18.3 Å². The van der Waals surface area contributed by atoms with Crippen LogP contribution >= 0.6 is 0 Å². The largest absolute Gasteiger partial charge is 0.369 e. The predicted octanol–water partition coefficient (Wildman–Crippen LogP) is 1.18. The van der Waals surface area contributed by atoms with E-state index in [4.69, 9.17) is 5.73 Å². The highest BCUT2D eigenvalue weighted by molar-refractivity contribution is 7.89. The molecule has 7 nitrogen and oxygen atoms in total. The Bertz CT molecular complexity index is 650. The van der Waals surface area contributed by atoms with E-state index in [1.165, 1.54) is 16.6 Å².